The Balaban J connectivity index is 2.08. The van der Waals surface area contributed by atoms with Crippen molar-refractivity contribution < 1.29 is 14.6 Å². The predicted molar refractivity (Wildman–Crippen MR) is 76.6 cm³/mol. The van der Waals surface area contributed by atoms with Crippen LogP contribution in [0.15, 0.2) is 22.7 Å². The molecule has 0 saturated carbocycles. The molecule has 2 atom stereocenters. The molecule has 1 aromatic carbocycles. The number of hydrogen-bond acceptors (Lipinski definition) is 3. The third-order valence-electron chi connectivity index (χ3n) is 3.49. The van der Waals surface area contributed by atoms with Crippen LogP contribution < -0.4 is 10.1 Å². The van der Waals surface area contributed by atoms with Crippen molar-refractivity contribution in [2.75, 3.05) is 7.11 Å². The molecule has 19 heavy (non-hydrogen) atoms. The number of carboxylic acids is 1. The largest absolute Gasteiger partial charge is 0.496 e. The Labute approximate surface area is 121 Å². The van der Waals surface area contributed by atoms with Gasteiger partial charge in [0.1, 0.15) is 11.8 Å². The van der Waals surface area contributed by atoms with Gasteiger partial charge >= 0.3 is 5.97 Å². The van der Waals surface area contributed by atoms with Crippen molar-refractivity contribution >= 4 is 21.9 Å². The minimum Gasteiger partial charge on any atom is -0.496 e. The first kappa shape index (κ1) is 14.3. The quantitative estimate of drug-likeness (QED) is 0.892. The smallest absolute Gasteiger partial charge is 0.320 e. The van der Waals surface area contributed by atoms with E-state index in [1.165, 1.54) is 0 Å². The molecule has 0 amide bonds. The highest BCUT2D eigenvalue weighted by molar-refractivity contribution is 9.10. The highest BCUT2D eigenvalue weighted by Crippen LogP contribution is 2.26. The average Bonchev–Trinajstić information content (AvgIpc) is 2.39. The minimum atomic E-state index is -0.758. The van der Waals surface area contributed by atoms with E-state index in [9.17, 15) is 4.79 Å². The molecule has 0 spiro atoms. The molecule has 104 valence electrons. The standard InChI is InChI=1S/C14H18BrNO3/c1-19-13-6-5-10(15)7-9(13)8-11-3-2-4-12(16-11)14(17)18/h5-7,11-12,16H,2-4,8H2,1H3,(H,17,18). The summed E-state index contributed by atoms with van der Waals surface area (Å²) in [5.74, 6) is 0.0911. The maximum absolute atomic E-state index is 11.0. The number of benzene rings is 1. The van der Waals surface area contributed by atoms with Crippen molar-refractivity contribution in [1.29, 1.82) is 0 Å². The first-order chi connectivity index (χ1) is 9.10. The topological polar surface area (TPSA) is 58.6 Å². The number of ether oxygens (including phenoxy) is 1. The number of hydrogen-bond donors (Lipinski definition) is 2. The normalized spacial score (nSPS) is 23.1. The van der Waals surface area contributed by atoms with Crippen LogP contribution in [-0.4, -0.2) is 30.3 Å². The minimum absolute atomic E-state index is 0.193. The number of piperidine rings is 1. The maximum atomic E-state index is 11.0. The van der Waals surface area contributed by atoms with Gasteiger partial charge in [-0.25, -0.2) is 0 Å². The van der Waals surface area contributed by atoms with Crippen LogP contribution in [0.4, 0.5) is 0 Å². The van der Waals surface area contributed by atoms with Gasteiger partial charge in [-0.3, -0.25) is 4.79 Å². The third-order valence-corrected chi connectivity index (χ3v) is 3.98. The summed E-state index contributed by atoms with van der Waals surface area (Å²) in [5.41, 5.74) is 1.10. The Morgan fingerprint density at radius 1 is 1.53 bits per heavy atom. The summed E-state index contributed by atoms with van der Waals surface area (Å²) in [5, 5.41) is 12.3. The number of carbonyl (C=O) groups is 1. The maximum Gasteiger partial charge on any atom is 0.320 e. The predicted octanol–water partition coefficient (Wildman–Crippen LogP) is 2.60. The fraction of sp³-hybridized carbons (Fsp3) is 0.500. The van der Waals surface area contributed by atoms with Gasteiger partial charge in [-0.1, -0.05) is 15.9 Å². The number of halogens is 1. The van der Waals surface area contributed by atoms with E-state index in [-0.39, 0.29) is 6.04 Å². The Morgan fingerprint density at radius 2 is 2.32 bits per heavy atom. The van der Waals surface area contributed by atoms with Gasteiger partial charge in [0.25, 0.3) is 0 Å². The molecule has 0 radical (unpaired) electrons. The van der Waals surface area contributed by atoms with Crippen LogP contribution in [0, 0.1) is 0 Å². The Bertz CT molecular complexity index is 464. The molecule has 4 nitrogen and oxygen atoms in total. The van der Waals surface area contributed by atoms with E-state index >= 15 is 0 Å². The number of carboxylic acid groups (broad SMARTS) is 1. The molecule has 2 unspecified atom stereocenters. The van der Waals surface area contributed by atoms with Crippen molar-refractivity contribution in [2.45, 2.75) is 37.8 Å². The summed E-state index contributed by atoms with van der Waals surface area (Å²) in [6.07, 6.45) is 3.44. The Hall–Kier alpha value is -1.07. The lowest BCUT2D eigenvalue weighted by molar-refractivity contribution is -0.140. The average molecular weight is 328 g/mol. The van der Waals surface area contributed by atoms with Crippen molar-refractivity contribution in [1.82, 2.24) is 5.32 Å². The summed E-state index contributed by atoms with van der Waals surface area (Å²) in [7, 11) is 1.65. The summed E-state index contributed by atoms with van der Waals surface area (Å²) < 4.78 is 6.36. The monoisotopic (exact) mass is 327 g/mol. The van der Waals surface area contributed by atoms with Crippen molar-refractivity contribution in [3.05, 3.63) is 28.2 Å². The second-order valence-electron chi connectivity index (χ2n) is 4.85. The molecule has 0 bridgehead atoms. The van der Waals surface area contributed by atoms with Crippen LogP contribution >= 0.6 is 15.9 Å². The molecule has 1 aliphatic rings. The molecule has 1 aliphatic heterocycles. The molecule has 0 aromatic heterocycles. The van der Waals surface area contributed by atoms with E-state index in [1.807, 2.05) is 18.2 Å². The van der Waals surface area contributed by atoms with Gasteiger partial charge < -0.3 is 15.2 Å². The zero-order valence-corrected chi connectivity index (χ0v) is 12.4. The molecule has 1 saturated heterocycles. The lowest BCUT2D eigenvalue weighted by Crippen LogP contribution is -2.47. The lowest BCUT2D eigenvalue weighted by Gasteiger charge is -2.29. The van der Waals surface area contributed by atoms with Crippen molar-refractivity contribution in [3.8, 4) is 5.75 Å². The SMILES string of the molecule is COc1ccc(Br)cc1CC1CCCC(C(=O)O)N1. The van der Waals surface area contributed by atoms with Gasteiger partial charge in [0, 0.05) is 10.5 Å². The summed E-state index contributed by atoms with van der Waals surface area (Å²) >= 11 is 3.46. The molecule has 2 rings (SSSR count). The van der Waals surface area contributed by atoms with Crippen molar-refractivity contribution in [3.63, 3.8) is 0 Å². The van der Waals surface area contributed by atoms with Gasteiger partial charge in [-0.15, -0.1) is 0 Å². The van der Waals surface area contributed by atoms with Crippen LogP contribution in [0.3, 0.4) is 0 Å². The highest BCUT2D eigenvalue weighted by Gasteiger charge is 2.26. The molecule has 5 heteroatoms. The fourth-order valence-electron chi connectivity index (χ4n) is 2.55. The molecule has 1 fully saturated rings. The second-order valence-corrected chi connectivity index (χ2v) is 5.76. The zero-order chi connectivity index (χ0) is 13.8. The summed E-state index contributed by atoms with van der Waals surface area (Å²) in [6, 6.07) is 5.67. The number of nitrogens with one attached hydrogen (secondary N) is 1. The fourth-order valence-corrected chi connectivity index (χ4v) is 2.96. The van der Waals surface area contributed by atoms with Crippen LogP contribution in [0.2, 0.25) is 0 Å². The van der Waals surface area contributed by atoms with E-state index in [2.05, 4.69) is 21.2 Å². The second kappa shape index (κ2) is 6.39. The van der Waals surface area contributed by atoms with Crippen molar-refractivity contribution in [2.24, 2.45) is 0 Å². The number of methoxy groups -OCH3 is 1. The Kier molecular flexibility index (Phi) is 4.82. The van der Waals surface area contributed by atoms with Crippen LogP contribution in [0.5, 0.6) is 5.75 Å². The first-order valence-electron chi connectivity index (χ1n) is 6.41. The van der Waals surface area contributed by atoms with Gasteiger partial charge in [0.05, 0.1) is 7.11 Å². The summed E-state index contributed by atoms with van der Waals surface area (Å²) in [4.78, 5) is 11.0. The third kappa shape index (κ3) is 3.70. The number of rotatable bonds is 4. The van der Waals surface area contributed by atoms with E-state index < -0.39 is 12.0 Å². The van der Waals surface area contributed by atoms with E-state index in [0.29, 0.717) is 6.42 Å². The van der Waals surface area contributed by atoms with E-state index in [1.54, 1.807) is 7.11 Å². The molecule has 1 heterocycles. The van der Waals surface area contributed by atoms with Crippen LogP contribution in [-0.2, 0) is 11.2 Å². The van der Waals surface area contributed by atoms with Gasteiger partial charge in [-0.05, 0) is 49.4 Å². The van der Waals surface area contributed by atoms with E-state index in [4.69, 9.17) is 9.84 Å². The molecule has 0 aliphatic carbocycles. The molecular weight excluding hydrogens is 310 g/mol. The van der Waals surface area contributed by atoms with Gasteiger partial charge in [0.15, 0.2) is 0 Å². The first-order valence-corrected chi connectivity index (χ1v) is 7.20. The number of aliphatic carboxylic acids is 1. The Morgan fingerprint density at radius 3 is 3.00 bits per heavy atom. The highest BCUT2D eigenvalue weighted by atomic mass is 79.9. The lowest BCUT2D eigenvalue weighted by atomic mass is 9.93. The van der Waals surface area contributed by atoms with Gasteiger partial charge in [-0.2, -0.15) is 0 Å². The summed E-state index contributed by atoms with van der Waals surface area (Å²) in [6.45, 7) is 0. The van der Waals surface area contributed by atoms with Gasteiger partial charge in [0.2, 0.25) is 0 Å². The van der Waals surface area contributed by atoms with Crippen LogP contribution in [0.1, 0.15) is 24.8 Å². The molecule has 2 N–H and O–H groups in total. The molecule has 1 aromatic rings. The van der Waals surface area contributed by atoms with E-state index in [0.717, 1.165) is 35.0 Å². The molecular formula is C14H18BrNO3. The zero-order valence-electron chi connectivity index (χ0n) is 10.9. The van der Waals surface area contributed by atoms with Crippen LogP contribution in [0.25, 0.3) is 0 Å².